The van der Waals surface area contributed by atoms with Crippen LogP contribution >= 0.6 is 35.6 Å². The monoisotopic (exact) mass is 395 g/mol. The van der Waals surface area contributed by atoms with Gasteiger partial charge in [-0.15, -0.1) is 24.0 Å². The molecule has 1 unspecified atom stereocenters. The molecule has 0 saturated carbocycles. The summed E-state index contributed by atoms with van der Waals surface area (Å²) in [7, 11) is 0. The molecule has 1 aromatic rings. The second-order valence-corrected chi connectivity index (χ2v) is 4.54. The molecule has 6 heteroatoms. The second kappa shape index (κ2) is 9.17. The predicted octanol–water partition coefficient (Wildman–Crippen LogP) is 2.47. The van der Waals surface area contributed by atoms with Crippen LogP contribution < -0.4 is 11.1 Å². The van der Waals surface area contributed by atoms with E-state index in [2.05, 4.69) is 16.9 Å². The number of nitrogens with two attached hydrogens (primary N) is 1. The lowest BCUT2D eigenvalue weighted by molar-refractivity contribution is 0.187. The van der Waals surface area contributed by atoms with E-state index in [1.54, 1.807) is 24.3 Å². The molecule has 0 heterocycles. The third-order valence-corrected chi connectivity index (χ3v) is 2.51. The fraction of sp³-hybridized carbons (Fsp3) is 0.308. The molecule has 1 aromatic carbocycles. The minimum Gasteiger partial charge on any atom is -0.386 e. The lowest BCUT2D eigenvalue weighted by Gasteiger charge is -2.10. The van der Waals surface area contributed by atoms with E-state index in [-0.39, 0.29) is 30.5 Å². The van der Waals surface area contributed by atoms with Crippen LogP contribution in [0.2, 0.25) is 5.02 Å². The highest BCUT2D eigenvalue weighted by atomic mass is 127. The summed E-state index contributed by atoms with van der Waals surface area (Å²) < 4.78 is 0. The highest BCUT2D eigenvalue weighted by Gasteiger charge is 2.06. The van der Waals surface area contributed by atoms with Gasteiger partial charge in [0.1, 0.15) is 0 Å². The van der Waals surface area contributed by atoms with Crippen LogP contribution in [-0.4, -0.2) is 24.2 Å². The zero-order chi connectivity index (χ0) is 13.5. The summed E-state index contributed by atoms with van der Waals surface area (Å²) >= 11 is 5.77. The number of nitrogens with zero attached hydrogens (tertiary/aromatic N) is 1. The second-order valence-electron chi connectivity index (χ2n) is 4.10. The number of hydrogen-bond donors (Lipinski definition) is 3. The summed E-state index contributed by atoms with van der Waals surface area (Å²) in [6, 6.07) is 6.99. The third-order valence-electron chi connectivity index (χ3n) is 2.26. The Hall–Kier alpha value is -0.790. The number of benzene rings is 1. The molecule has 0 radical (unpaired) electrons. The quantitative estimate of drug-likeness (QED) is 0.310. The van der Waals surface area contributed by atoms with Crippen LogP contribution in [0.15, 0.2) is 41.4 Å². The Morgan fingerprint density at radius 1 is 1.47 bits per heavy atom. The molecule has 1 atom stereocenters. The van der Waals surface area contributed by atoms with E-state index in [0.717, 1.165) is 11.1 Å². The number of halogens is 2. The van der Waals surface area contributed by atoms with Crippen molar-refractivity contribution in [2.75, 3.05) is 13.1 Å². The summed E-state index contributed by atoms with van der Waals surface area (Å²) in [6.07, 6.45) is -0.688. The number of aliphatic imine (C=N–C) groups is 1. The van der Waals surface area contributed by atoms with Crippen LogP contribution in [0.1, 0.15) is 18.6 Å². The highest BCUT2D eigenvalue weighted by Crippen LogP contribution is 2.16. The first-order valence-corrected chi connectivity index (χ1v) is 5.98. The normalized spacial score (nSPS) is 12.5. The molecular formula is C13H19ClIN3O. The van der Waals surface area contributed by atoms with Gasteiger partial charge in [0.2, 0.25) is 0 Å². The van der Waals surface area contributed by atoms with Gasteiger partial charge in [-0.3, -0.25) is 4.99 Å². The molecule has 19 heavy (non-hydrogen) atoms. The molecule has 106 valence electrons. The number of guanidine groups is 1. The summed E-state index contributed by atoms with van der Waals surface area (Å²) in [6.45, 7) is 6.42. The van der Waals surface area contributed by atoms with Crippen molar-refractivity contribution in [1.29, 1.82) is 0 Å². The van der Waals surface area contributed by atoms with Gasteiger partial charge in [0, 0.05) is 11.6 Å². The number of aliphatic hydroxyl groups excluding tert-OH is 1. The Bertz CT molecular complexity index is 434. The SMILES string of the molecule is C=C(C)CNC(N)=NCC(O)c1ccc(Cl)cc1.I. The van der Waals surface area contributed by atoms with E-state index in [0.29, 0.717) is 17.5 Å². The van der Waals surface area contributed by atoms with Gasteiger partial charge in [0.05, 0.1) is 12.6 Å². The Balaban J connectivity index is 0.00000324. The van der Waals surface area contributed by atoms with Crippen molar-refractivity contribution in [2.45, 2.75) is 13.0 Å². The van der Waals surface area contributed by atoms with E-state index >= 15 is 0 Å². The van der Waals surface area contributed by atoms with Gasteiger partial charge < -0.3 is 16.2 Å². The minimum atomic E-state index is -0.688. The maximum absolute atomic E-state index is 9.89. The molecule has 0 bridgehead atoms. The van der Waals surface area contributed by atoms with E-state index in [9.17, 15) is 5.11 Å². The van der Waals surface area contributed by atoms with E-state index in [4.69, 9.17) is 17.3 Å². The van der Waals surface area contributed by atoms with E-state index in [1.165, 1.54) is 0 Å². The number of rotatable bonds is 5. The molecule has 0 aliphatic rings. The molecule has 4 N–H and O–H groups in total. The fourth-order valence-corrected chi connectivity index (χ4v) is 1.40. The summed E-state index contributed by atoms with van der Waals surface area (Å²) in [4.78, 5) is 4.05. The van der Waals surface area contributed by atoms with Gasteiger partial charge in [0.15, 0.2) is 5.96 Å². The van der Waals surface area contributed by atoms with Crippen LogP contribution in [-0.2, 0) is 0 Å². The van der Waals surface area contributed by atoms with Crippen LogP contribution in [0.5, 0.6) is 0 Å². The average molecular weight is 396 g/mol. The largest absolute Gasteiger partial charge is 0.386 e. The molecule has 4 nitrogen and oxygen atoms in total. The first-order chi connectivity index (χ1) is 8.49. The van der Waals surface area contributed by atoms with Gasteiger partial charge in [-0.2, -0.15) is 0 Å². The molecule has 0 aliphatic carbocycles. The predicted molar refractivity (Wildman–Crippen MR) is 91.1 cm³/mol. The summed E-state index contributed by atoms with van der Waals surface area (Å²) in [5.41, 5.74) is 7.36. The summed E-state index contributed by atoms with van der Waals surface area (Å²) in [5.74, 6) is 0.297. The van der Waals surface area contributed by atoms with Gasteiger partial charge in [-0.1, -0.05) is 35.9 Å². The molecule has 1 rings (SSSR count). The number of aliphatic hydroxyl groups is 1. The maximum Gasteiger partial charge on any atom is 0.188 e. The molecular weight excluding hydrogens is 377 g/mol. The summed E-state index contributed by atoms with van der Waals surface area (Å²) in [5, 5.41) is 13.4. The van der Waals surface area contributed by atoms with Crippen molar-refractivity contribution >= 4 is 41.5 Å². The lowest BCUT2D eigenvalue weighted by atomic mass is 10.1. The van der Waals surface area contributed by atoms with Crippen molar-refractivity contribution in [3.05, 3.63) is 47.0 Å². The third kappa shape index (κ3) is 7.39. The topological polar surface area (TPSA) is 70.6 Å². The van der Waals surface area contributed by atoms with Crippen molar-refractivity contribution < 1.29 is 5.11 Å². The van der Waals surface area contributed by atoms with Gasteiger partial charge >= 0.3 is 0 Å². The van der Waals surface area contributed by atoms with Crippen molar-refractivity contribution in [3.8, 4) is 0 Å². The van der Waals surface area contributed by atoms with Crippen molar-refractivity contribution in [3.63, 3.8) is 0 Å². The van der Waals surface area contributed by atoms with Crippen molar-refractivity contribution in [2.24, 2.45) is 10.7 Å². The van der Waals surface area contributed by atoms with E-state index in [1.807, 2.05) is 6.92 Å². The van der Waals surface area contributed by atoms with E-state index < -0.39 is 6.10 Å². The minimum absolute atomic E-state index is 0. The van der Waals surface area contributed by atoms with Gasteiger partial charge in [0.25, 0.3) is 0 Å². The van der Waals surface area contributed by atoms with Crippen LogP contribution in [0.4, 0.5) is 0 Å². The first-order valence-electron chi connectivity index (χ1n) is 5.60. The Morgan fingerprint density at radius 2 is 2.05 bits per heavy atom. The standard InChI is InChI=1S/C13H18ClN3O.HI/c1-9(2)7-16-13(15)17-8-12(18)10-3-5-11(14)6-4-10;/h3-6,12,18H,1,7-8H2,2H3,(H3,15,16,17);1H. The zero-order valence-corrected chi connectivity index (χ0v) is 13.9. The maximum atomic E-state index is 9.89. The Kier molecular flexibility index (Phi) is 8.79. The molecule has 0 spiro atoms. The van der Waals surface area contributed by atoms with Crippen LogP contribution in [0.25, 0.3) is 0 Å². The van der Waals surface area contributed by atoms with Crippen LogP contribution in [0, 0.1) is 0 Å². The Morgan fingerprint density at radius 3 is 2.58 bits per heavy atom. The zero-order valence-electron chi connectivity index (χ0n) is 10.8. The van der Waals surface area contributed by atoms with Crippen molar-refractivity contribution in [1.82, 2.24) is 5.32 Å². The first kappa shape index (κ1) is 18.2. The lowest BCUT2D eigenvalue weighted by Crippen LogP contribution is -2.33. The molecule has 0 fully saturated rings. The molecule has 0 aliphatic heterocycles. The molecule has 0 amide bonds. The Labute approximate surface area is 135 Å². The number of nitrogens with one attached hydrogen (secondary N) is 1. The van der Waals surface area contributed by atoms with Gasteiger partial charge in [-0.05, 0) is 24.6 Å². The highest BCUT2D eigenvalue weighted by molar-refractivity contribution is 14.0. The number of hydrogen-bond acceptors (Lipinski definition) is 2. The molecule has 0 aromatic heterocycles. The molecule has 0 saturated heterocycles. The smallest absolute Gasteiger partial charge is 0.188 e. The fourth-order valence-electron chi connectivity index (χ4n) is 1.27. The average Bonchev–Trinajstić information content (AvgIpc) is 2.34. The van der Waals surface area contributed by atoms with Crippen LogP contribution in [0.3, 0.4) is 0 Å². The van der Waals surface area contributed by atoms with Gasteiger partial charge in [-0.25, -0.2) is 0 Å².